The van der Waals surface area contributed by atoms with E-state index >= 15 is 0 Å². The van der Waals surface area contributed by atoms with E-state index in [0.29, 0.717) is 12.4 Å². The smallest absolute Gasteiger partial charge is 0.224 e. The largest absolute Gasteiger partial charge is 0.480 e. The molecular formula is C18H17N3O2. The Morgan fingerprint density at radius 1 is 1.26 bits per heavy atom. The first-order valence-electron chi connectivity index (χ1n) is 7.58. The molecular weight excluding hydrogens is 290 g/mol. The second-order valence-electron chi connectivity index (χ2n) is 5.60. The Bertz CT molecular complexity index is 865. The van der Waals surface area contributed by atoms with Crippen molar-refractivity contribution < 1.29 is 9.15 Å². The lowest BCUT2D eigenvalue weighted by atomic mass is 10.0. The standard InChI is InChI=1S/C18H17N3O2/c1-11-7-13(16-8-12-5-3-4-6-15(12)23-16)17-14(9-19-11)20-10-21-18(17)22-2/h3-8,10-11,19H,9H2,1-2H3/t11-/m1/s1. The Hall–Kier alpha value is -2.66. The molecule has 5 nitrogen and oxygen atoms in total. The van der Waals surface area contributed by atoms with E-state index in [4.69, 9.17) is 9.15 Å². The number of benzene rings is 1. The van der Waals surface area contributed by atoms with Crippen molar-refractivity contribution in [3.05, 3.63) is 59.8 Å². The number of nitrogens with zero attached hydrogens (tertiary/aromatic N) is 2. The van der Waals surface area contributed by atoms with Gasteiger partial charge in [0.1, 0.15) is 17.7 Å². The van der Waals surface area contributed by atoms with Crippen molar-refractivity contribution >= 4 is 16.5 Å². The summed E-state index contributed by atoms with van der Waals surface area (Å²) in [6, 6.07) is 10.2. The fourth-order valence-electron chi connectivity index (χ4n) is 2.93. The van der Waals surface area contributed by atoms with Crippen LogP contribution in [0.25, 0.3) is 16.5 Å². The number of furan rings is 1. The summed E-state index contributed by atoms with van der Waals surface area (Å²) in [6.07, 6.45) is 3.67. The van der Waals surface area contributed by atoms with Gasteiger partial charge in [-0.1, -0.05) is 24.3 Å². The maximum atomic E-state index is 6.06. The average Bonchev–Trinajstić information content (AvgIpc) is 2.93. The van der Waals surface area contributed by atoms with E-state index in [1.807, 2.05) is 24.3 Å². The van der Waals surface area contributed by atoms with Crippen molar-refractivity contribution in [3.8, 4) is 5.88 Å². The van der Waals surface area contributed by atoms with Gasteiger partial charge in [-0.2, -0.15) is 0 Å². The minimum atomic E-state index is 0.192. The third-order valence-corrected chi connectivity index (χ3v) is 4.05. The van der Waals surface area contributed by atoms with Gasteiger partial charge in [0.05, 0.1) is 18.4 Å². The molecule has 0 unspecified atom stereocenters. The van der Waals surface area contributed by atoms with Gasteiger partial charge in [0.25, 0.3) is 0 Å². The van der Waals surface area contributed by atoms with Crippen LogP contribution < -0.4 is 10.1 Å². The van der Waals surface area contributed by atoms with Gasteiger partial charge >= 0.3 is 0 Å². The van der Waals surface area contributed by atoms with E-state index in [-0.39, 0.29) is 6.04 Å². The van der Waals surface area contributed by atoms with E-state index in [1.165, 1.54) is 6.33 Å². The van der Waals surface area contributed by atoms with Gasteiger partial charge in [-0.3, -0.25) is 0 Å². The second-order valence-corrected chi connectivity index (χ2v) is 5.60. The quantitative estimate of drug-likeness (QED) is 0.788. The van der Waals surface area contributed by atoms with Crippen molar-refractivity contribution in [3.63, 3.8) is 0 Å². The molecule has 1 aliphatic heterocycles. The van der Waals surface area contributed by atoms with Crippen LogP contribution >= 0.6 is 0 Å². The Labute approximate surface area is 134 Å². The summed E-state index contributed by atoms with van der Waals surface area (Å²) in [5.41, 5.74) is 3.63. The number of nitrogens with one attached hydrogen (secondary N) is 1. The molecule has 0 saturated carbocycles. The number of fused-ring (bicyclic) bond motifs is 2. The summed E-state index contributed by atoms with van der Waals surface area (Å²) < 4.78 is 11.5. The molecule has 1 N–H and O–H groups in total. The van der Waals surface area contributed by atoms with Crippen LogP contribution in [-0.4, -0.2) is 23.1 Å². The minimum absolute atomic E-state index is 0.192. The lowest BCUT2D eigenvalue weighted by Crippen LogP contribution is -2.22. The first-order chi connectivity index (χ1) is 11.3. The van der Waals surface area contributed by atoms with Crippen LogP contribution in [0.4, 0.5) is 0 Å². The Morgan fingerprint density at radius 3 is 2.96 bits per heavy atom. The molecule has 1 atom stereocenters. The molecule has 0 bridgehead atoms. The van der Waals surface area contributed by atoms with Gasteiger partial charge in [0.2, 0.25) is 5.88 Å². The molecule has 0 fully saturated rings. The lowest BCUT2D eigenvalue weighted by Gasteiger charge is -2.11. The molecule has 0 spiro atoms. The normalized spacial score (nSPS) is 17.5. The number of methoxy groups -OCH3 is 1. The molecule has 0 aliphatic carbocycles. The topological polar surface area (TPSA) is 60.2 Å². The van der Waals surface area contributed by atoms with Crippen molar-refractivity contribution in [2.45, 2.75) is 19.5 Å². The minimum Gasteiger partial charge on any atom is -0.480 e. The van der Waals surface area contributed by atoms with Gasteiger partial charge in [0, 0.05) is 23.5 Å². The summed E-state index contributed by atoms with van der Waals surface area (Å²) >= 11 is 0. The van der Waals surface area contributed by atoms with E-state index < -0.39 is 0 Å². The molecule has 0 amide bonds. The maximum Gasteiger partial charge on any atom is 0.224 e. The highest BCUT2D eigenvalue weighted by molar-refractivity contribution is 5.88. The molecule has 0 saturated heterocycles. The molecule has 23 heavy (non-hydrogen) atoms. The number of hydrogen-bond acceptors (Lipinski definition) is 5. The van der Waals surface area contributed by atoms with Crippen molar-refractivity contribution in [2.24, 2.45) is 0 Å². The zero-order valence-electron chi connectivity index (χ0n) is 13.0. The zero-order chi connectivity index (χ0) is 15.8. The summed E-state index contributed by atoms with van der Waals surface area (Å²) in [4.78, 5) is 8.68. The van der Waals surface area contributed by atoms with Gasteiger partial charge in [0.15, 0.2) is 0 Å². The van der Waals surface area contributed by atoms with E-state index in [2.05, 4.69) is 34.4 Å². The molecule has 116 valence electrons. The van der Waals surface area contributed by atoms with Crippen LogP contribution in [0.1, 0.15) is 23.9 Å². The summed E-state index contributed by atoms with van der Waals surface area (Å²) in [6.45, 7) is 2.77. The number of ether oxygens (including phenoxy) is 1. The van der Waals surface area contributed by atoms with Crippen LogP contribution in [0.5, 0.6) is 5.88 Å². The predicted octanol–water partition coefficient (Wildman–Crippen LogP) is 3.15. The molecule has 1 aromatic carbocycles. The van der Waals surface area contributed by atoms with Gasteiger partial charge < -0.3 is 14.5 Å². The first kappa shape index (κ1) is 14.0. The lowest BCUT2D eigenvalue weighted by molar-refractivity contribution is 0.394. The highest BCUT2D eigenvalue weighted by Gasteiger charge is 2.24. The van der Waals surface area contributed by atoms with Crippen LogP contribution in [0.15, 0.2) is 47.2 Å². The Balaban J connectivity index is 1.96. The second kappa shape index (κ2) is 5.52. The van der Waals surface area contributed by atoms with Gasteiger partial charge in [-0.15, -0.1) is 0 Å². The fourth-order valence-corrected chi connectivity index (χ4v) is 2.93. The fraction of sp³-hybridized carbons (Fsp3) is 0.222. The number of rotatable bonds is 2. The van der Waals surface area contributed by atoms with Gasteiger partial charge in [-0.25, -0.2) is 9.97 Å². The molecule has 4 rings (SSSR count). The number of aromatic nitrogens is 2. The molecule has 2 aromatic heterocycles. The van der Waals surface area contributed by atoms with Crippen LogP contribution in [0, 0.1) is 0 Å². The highest BCUT2D eigenvalue weighted by Crippen LogP contribution is 2.36. The summed E-state index contributed by atoms with van der Waals surface area (Å²) in [7, 11) is 1.63. The zero-order valence-corrected chi connectivity index (χ0v) is 13.0. The van der Waals surface area contributed by atoms with Crippen LogP contribution in [-0.2, 0) is 6.54 Å². The summed E-state index contributed by atoms with van der Waals surface area (Å²) in [5.74, 6) is 1.37. The van der Waals surface area contributed by atoms with E-state index in [1.54, 1.807) is 7.11 Å². The maximum absolute atomic E-state index is 6.06. The third-order valence-electron chi connectivity index (χ3n) is 4.05. The molecule has 5 heteroatoms. The SMILES string of the molecule is COc1ncnc2c1C(c1cc3ccccc3o1)=C[C@@H](C)NC2. The third kappa shape index (κ3) is 2.39. The monoisotopic (exact) mass is 307 g/mol. The van der Waals surface area contributed by atoms with Crippen LogP contribution in [0.3, 0.4) is 0 Å². The summed E-state index contributed by atoms with van der Waals surface area (Å²) in [5, 5.41) is 4.50. The van der Waals surface area contributed by atoms with Crippen LogP contribution in [0.2, 0.25) is 0 Å². The van der Waals surface area contributed by atoms with E-state index in [9.17, 15) is 0 Å². The van der Waals surface area contributed by atoms with Crippen molar-refractivity contribution in [1.82, 2.24) is 15.3 Å². The average molecular weight is 307 g/mol. The van der Waals surface area contributed by atoms with Gasteiger partial charge in [-0.05, 0) is 19.1 Å². The Morgan fingerprint density at radius 2 is 2.13 bits per heavy atom. The molecule has 1 aliphatic rings. The predicted molar refractivity (Wildman–Crippen MR) is 88.2 cm³/mol. The Kier molecular flexibility index (Phi) is 3.35. The molecule has 3 aromatic rings. The highest BCUT2D eigenvalue weighted by atomic mass is 16.5. The van der Waals surface area contributed by atoms with E-state index in [0.717, 1.165) is 33.6 Å². The van der Waals surface area contributed by atoms with Crippen molar-refractivity contribution in [1.29, 1.82) is 0 Å². The molecule has 0 radical (unpaired) electrons. The molecule has 3 heterocycles. The number of hydrogen-bond donors (Lipinski definition) is 1. The number of para-hydroxylation sites is 1. The first-order valence-corrected chi connectivity index (χ1v) is 7.58. The van der Waals surface area contributed by atoms with Crippen molar-refractivity contribution in [2.75, 3.05) is 7.11 Å².